The minimum Gasteiger partial charge on any atom is -0.385 e. The van der Waals surface area contributed by atoms with E-state index in [1.165, 1.54) is 4.68 Å². The van der Waals surface area contributed by atoms with E-state index < -0.39 is 17.7 Å². The summed E-state index contributed by atoms with van der Waals surface area (Å²) in [5.41, 5.74) is 4.49. The first kappa shape index (κ1) is 23.8. The number of hydrogen-bond acceptors (Lipinski definition) is 4. The molecule has 0 saturated carbocycles. The number of nitrogens with zero attached hydrogens (tertiary/aromatic N) is 1. The van der Waals surface area contributed by atoms with Crippen molar-refractivity contribution in [3.05, 3.63) is 63.2 Å². The second-order valence-electron chi connectivity index (χ2n) is 6.98. The number of ether oxygens (including phenoxy) is 1. The molecule has 1 heterocycles. The number of benzene rings is 2. The standard InChI is InChI=1S/C22H22BrClN4O4/c1-13-16(24)5-3-6-17(13)26-20(29)19-12-14-11-15(23)7-8-18(14)28(19)27-22(31)21(30)25-9-4-10-32-2/h3,5-8,11-12H,4,9-10H2,1-2H3,(H,25,30)(H,26,29)(H,27,31). The molecule has 3 amide bonds. The van der Waals surface area contributed by atoms with E-state index in [0.717, 1.165) is 4.47 Å². The van der Waals surface area contributed by atoms with E-state index in [1.807, 2.05) is 6.07 Å². The number of fused-ring (bicyclic) bond motifs is 1. The number of nitrogens with one attached hydrogen (secondary N) is 3. The molecule has 0 saturated heterocycles. The molecular formula is C22H22BrClN4O4. The molecule has 168 valence electrons. The Labute approximate surface area is 198 Å². The van der Waals surface area contributed by atoms with E-state index in [4.69, 9.17) is 16.3 Å². The van der Waals surface area contributed by atoms with Crippen molar-refractivity contribution in [3.63, 3.8) is 0 Å². The number of amides is 3. The molecule has 0 aliphatic heterocycles. The minimum atomic E-state index is -0.893. The van der Waals surface area contributed by atoms with Crippen molar-refractivity contribution >= 4 is 61.8 Å². The summed E-state index contributed by atoms with van der Waals surface area (Å²) in [4.78, 5) is 37.8. The monoisotopic (exact) mass is 520 g/mol. The van der Waals surface area contributed by atoms with Crippen molar-refractivity contribution < 1.29 is 19.1 Å². The van der Waals surface area contributed by atoms with Gasteiger partial charge in [-0.2, -0.15) is 0 Å². The highest BCUT2D eigenvalue weighted by molar-refractivity contribution is 9.10. The van der Waals surface area contributed by atoms with Gasteiger partial charge in [-0.05, 0) is 55.3 Å². The Hall–Kier alpha value is -2.88. The predicted molar refractivity (Wildman–Crippen MR) is 128 cm³/mol. The number of anilines is 1. The van der Waals surface area contributed by atoms with E-state index >= 15 is 0 Å². The molecule has 0 unspecified atom stereocenters. The second kappa shape index (κ2) is 10.6. The van der Waals surface area contributed by atoms with Crippen molar-refractivity contribution in [1.82, 2.24) is 9.99 Å². The molecule has 3 N–H and O–H groups in total. The normalized spacial score (nSPS) is 10.8. The second-order valence-corrected chi connectivity index (χ2v) is 8.30. The highest BCUT2D eigenvalue weighted by Gasteiger charge is 2.21. The van der Waals surface area contributed by atoms with E-state index in [-0.39, 0.29) is 5.69 Å². The zero-order valence-electron chi connectivity index (χ0n) is 17.5. The van der Waals surface area contributed by atoms with Crippen LogP contribution in [0.3, 0.4) is 0 Å². The smallest absolute Gasteiger partial charge is 0.328 e. The number of aromatic nitrogens is 1. The Morgan fingerprint density at radius 1 is 1.12 bits per heavy atom. The maximum atomic E-state index is 13.1. The lowest BCUT2D eigenvalue weighted by atomic mass is 10.2. The van der Waals surface area contributed by atoms with Crippen LogP contribution in [0, 0.1) is 6.92 Å². The van der Waals surface area contributed by atoms with Crippen LogP contribution in [0.1, 0.15) is 22.5 Å². The maximum Gasteiger partial charge on any atom is 0.328 e. The van der Waals surface area contributed by atoms with E-state index in [0.29, 0.717) is 46.7 Å². The molecule has 0 aliphatic carbocycles. The van der Waals surface area contributed by atoms with Crippen molar-refractivity contribution in [2.75, 3.05) is 31.0 Å². The lowest BCUT2D eigenvalue weighted by Crippen LogP contribution is -2.40. The fourth-order valence-electron chi connectivity index (χ4n) is 3.05. The van der Waals surface area contributed by atoms with Gasteiger partial charge in [0.05, 0.1) is 5.52 Å². The zero-order chi connectivity index (χ0) is 23.3. The van der Waals surface area contributed by atoms with Gasteiger partial charge in [0.25, 0.3) is 5.91 Å². The van der Waals surface area contributed by atoms with Crippen LogP contribution in [0.4, 0.5) is 5.69 Å². The summed E-state index contributed by atoms with van der Waals surface area (Å²) in [7, 11) is 1.56. The first-order valence-corrected chi connectivity index (χ1v) is 10.9. The maximum absolute atomic E-state index is 13.1. The third-order valence-corrected chi connectivity index (χ3v) is 5.65. The molecule has 0 spiro atoms. The first-order chi connectivity index (χ1) is 15.3. The molecule has 0 bridgehead atoms. The topological polar surface area (TPSA) is 101 Å². The number of halogens is 2. The number of methoxy groups -OCH3 is 1. The number of carbonyl (C=O) groups excluding carboxylic acids is 3. The fourth-order valence-corrected chi connectivity index (χ4v) is 3.61. The largest absolute Gasteiger partial charge is 0.385 e. The van der Waals surface area contributed by atoms with E-state index in [1.54, 1.807) is 50.4 Å². The van der Waals surface area contributed by atoms with Gasteiger partial charge in [0, 0.05) is 40.8 Å². The highest BCUT2D eigenvalue weighted by atomic mass is 79.9. The average molecular weight is 522 g/mol. The van der Waals surface area contributed by atoms with Crippen LogP contribution < -0.4 is 16.1 Å². The molecule has 0 aliphatic rings. The molecule has 0 radical (unpaired) electrons. The molecule has 1 aromatic heterocycles. The molecule has 2 aromatic carbocycles. The predicted octanol–water partition coefficient (Wildman–Crippen LogP) is 3.84. The Morgan fingerprint density at radius 3 is 2.66 bits per heavy atom. The molecule has 3 rings (SSSR count). The summed E-state index contributed by atoms with van der Waals surface area (Å²) in [5, 5.41) is 6.56. The average Bonchev–Trinajstić information content (AvgIpc) is 3.11. The summed E-state index contributed by atoms with van der Waals surface area (Å²) in [5.74, 6) is -2.17. The lowest BCUT2D eigenvalue weighted by Gasteiger charge is -2.14. The summed E-state index contributed by atoms with van der Waals surface area (Å²) < 4.78 is 7.03. The molecule has 32 heavy (non-hydrogen) atoms. The van der Waals surface area contributed by atoms with Crippen LogP contribution in [0.25, 0.3) is 10.9 Å². The SMILES string of the molecule is COCCCNC(=O)C(=O)Nn1c(C(=O)Nc2cccc(Cl)c2C)cc2cc(Br)ccc21. The van der Waals surface area contributed by atoms with Gasteiger partial charge in [-0.1, -0.05) is 33.6 Å². The van der Waals surface area contributed by atoms with Crippen molar-refractivity contribution in [2.24, 2.45) is 0 Å². The van der Waals surface area contributed by atoms with Crippen LogP contribution in [0.15, 0.2) is 46.9 Å². The Balaban J connectivity index is 1.88. The number of hydrogen-bond donors (Lipinski definition) is 3. The fraction of sp³-hybridized carbons (Fsp3) is 0.227. The molecule has 0 atom stereocenters. The first-order valence-electron chi connectivity index (χ1n) is 9.77. The van der Waals surface area contributed by atoms with Crippen molar-refractivity contribution in [1.29, 1.82) is 0 Å². The quantitative estimate of drug-likeness (QED) is 0.325. The summed E-state index contributed by atoms with van der Waals surface area (Å²) in [6, 6.07) is 12.1. The Bertz CT molecular complexity index is 1180. The van der Waals surface area contributed by atoms with Crippen LogP contribution in [0.2, 0.25) is 5.02 Å². The molecule has 0 fully saturated rings. The zero-order valence-corrected chi connectivity index (χ0v) is 19.8. The van der Waals surface area contributed by atoms with Gasteiger partial charge in [-0.25, -0.2) is 4.68 Å². The third-order valence-electron chi connectivity index (χ3n) is 4.74. The van der Waals surface area contributed by atoms with Crippen molar-refractivity contribution in [3.8, 4) is 0 Å². The van der Waals surface area contributed by atoms with Gasteiger partial charge in [0.2, 0.25) is 0 Å². The van der Waals surface area contributed by atoms with Crippen molar-refractivity contribution in [2.45, 2.75) is 13.3 Å². The Kier molecular flexibility index (Phi) is 7.89. The summed E-state index contributed by atoms with van der Waals surface area (Å²) in [6.07, 6.45) is 0.572. The van der Waals surface area contributed by atoms with Gasteiger partial charge >= 0.3 is 11.8 Å². The number of carbonyl (C=O) groups is 3. The minimum absolute atomic E-state index is 0.151. The highest BCUT2D eigenvalue weighted by Crippen LogP contribution is 2.26. The Morgan fingerprint density at radius 2 is 1.91 bits per heavy atom. The third kappa shape index (κ3) is 5.48. The van der Waals surface area contributed by atoms with Gasteiger partial charge in [0.15, 0.2) is 0 Å². The van der Waals surface area contributed by atoms with Crippen LogP contribution in [-0.4, -0.2) is 42.7 Å². The van der Waals surface area contributed by atoms with Gasteiger partial charge < -0.3 is 15.4 Å². The molecular weight excluding hydrogens is 500 g/mol. The van der Waals surface area contributed by atoms with Gasteiger partial charge in [-0.15, -0.1) is 0 Å². The summed E-state index contributed by atoms with van der Waals surface area (Å²) >= 11 is 9.55. The van der Waals surface area contributed by atoms with Crippen LogP contribution in [0.5, 0.6) is 0 Å². The lowest BCUT2D eigenvalue weighted by molar-refractivity contribution is -0.136. The van der Waals surface area contributed by atoms with Gasteiger partial charge in [0.1, 0.15) is 5.69 Å². The van der Waals surface area contributed by atoms with Crippen LogP contribution in [-0.2, 0) is 14.3 Å². The van der Waals surface area contributed by atoms with Gasteiger partial charge in [-0.3, -0.25) is 19.8 Å². The number of rotatable bonds is 7. The molecule has 3 aromatic rings. The molecule has 10 heteroatoms. The van der Waals surface area contributed by atoms with E-state index in [9.17, 15) is 14.4 Å². The molecule has 8 nitrogen and oxygen atoms in total. The summed E-state index contributed by atoms with van der Waals surface area (Å²) in [6.45, 7) is 2.55. The van der Waals surface area contributed by atoms with E-state index in [2.05, 4.69) is 32.0 Å². The van der Waals surface area contributed by atoms with Crippen LogP contribution >= 0.6 is 27.5 Å².